The van der Waals surface area contributed by atoms with Crippen molar-refractivity contribution in [3.8, 4) is 11.8 Å². The van der Waals surface area contributed by atoms with Gasteiger partial charge >= 0.3 is 0 Å². The van der Waals surface area contributed by atoms with Crippen LogP contribution in [-0.2, 0) is 0 Å². The van der Waals surface area contributed by atoms with Gasteiger partial charge in [0, 0.05) is 6.42 Å². The lowest BCUT2D eigenvalue weighted by molar-refractivity contribution is 0.123. The molecule has 0 saturated heterocycles. The number of hydrogen-bond acceptors (Lipinski definition) is 3. The van der Waals surface area contributed by atoms with Crippen LogP contribution in [0.2, 0.25) is 0 Å². The van der Waals surface area contributed by atoms with Gasteiger partial charge in [-0.05, 0) is 13.8 Å². The molecule has 0 heterocycles. The fourth-order valence-corrected chi connectivity index (χ4v) is 0.742. The Balaban J connectivity index is 4.25. The number of allylic oxidation sites excluding steroid dienone is 1. The van der Waals surface area contributed by atoms with E-state index < -0.39 is 5.54 Å². The van der Waals surface area contributed by atoms with Gasteiger partial charge < -0.3 is 10.3 Å². The van der Waals surface area contributed by atoms with Crippen molar-refractivity contribution in [3.63, 3.8) is 0 Å². The van der Waals surface area contributed by atoms with Crippen LogP contribution in [0.25, 0.3) is 0 Å². The van der Waals surface area contributed by atoms with E-state index >= 15 is 0 Å². The molecule has 0 aromatic carbocycles. The zero-order valence-electron chi connectivity index (χ0n) is 7.46. The summed E-state index contributed by atoms with van der Waals surface area (Å²) in [6.45, 7) is 3.64. The van der Waals surface area contributed by atoms with Crippen molar-refractivity contribution in [2.24, 2.45) is 0 Å². The molecule has 0 aliphatic rings. The van der Waals surface area contributed by atoms with Crippen LogP contribution in [0.4, 0.5) is 0 Å². The second-order valence-electron chi connectivity index (χ2n) is 2.59. The SMILES string of the molecule is C/C=C\C(C)(C#CCCO)NO. The highest BCUT2D eigenvalue weighted by Gasteiger charge is 2.14. The van der Waals surface area contributed by atoms with E-state index in [-0.39, 0.29) is 6.61 Å². The highest BCUT2D eigenvalue weighted by atomic mass is 16.5. The molecule has 0 fully saturated rings. The fraction of sp³-hybridized carbons (Fsp3) is 0.556. The summed E-state index contributed by atoms with van der Waals surface area (Å²) in [6, 6.07) is 0. The van der Waals surface area contributed by atoms with Crippen LogP contribution in [0.3, 0.4) is 0 Å². The molecule has 0 aromatic rings. The summed E-state index contributed by atoms with van der Waals surface area (Å²) in [4.78, 5) is 0. The van der Waals surface area contributed by atoms with Crippen LogP contribution < -0.4 is 5.48 Å². The Hall–Kier alpha value is -0.820. The predicted octanol–water partition coefficient (Wildman–Crippen LogP) is 0.686. The molecular weight excluding hydrogens is 154 g/mol. The molecule has 0 bridgehead atoms. The first-order valence-electron chi connectivity index (χ1n) is 3.84. The lowest BCUT2D eigenvalue weighted by Crippen LogP contribution is -2.36. The number of hydrogen-bond donors (Lipinski definition) is 3. The number of nitrogens with one attached hydrogen (secondary N) is 1. The predicted molar refractivity (Wildman–Crippen MR) is 47.6 cm³/mol. The normalized spacial score (nSPS) is 15.3. The fourth-order valence-electron chi connectivity index (χ4n) is 0.742. The Morgan fingerprint density at radius 3 is 2.67 bits per heavy atom. The lowest BCUT2D eigenvalue weighted by Gasteiger charge is -2.15. The number of rotatable bonds is 3. The van der Waals surface area contributed by atoms with Crippen molar-refractivity contribution >= 4 is 0 Å². The molecule has 0 spiro atoms. The standard InChI is InChI=1S/C9H15NO2/c1-3-6-9(2,10-12)7-4-5-8-11/h3,6,10-12H,5,8H2,1-2H3/b6-3-. The van der Waals surface area contributed by atoms with E-state index in [0.29, 0.717) is 6.42 Å². The van der Waals surface area contributed by atoms with E-state index in [1.165, 1.54) is 0 Å². The molecule has 68 valence electrons. The van der Waals surface area contributed by atoms with Crippen LogP contribution in [0.5, 0.6) is 0 Å². The minimum absolute atomic E-state index is 0.0460. The van der Waals surface area contributed by atoms with Crippen LogP contribution in [-0.4, -0.2) is 22.5 Å². The highest BCUT2D eigenvalue weighted by Crippen LogP contribution is 2.02. The van der Waals surface area contributed by atoms with Crippen molar-refractivity contribution in [1.82, 2.24) is 5.48 Å². The molecule has 0 saturated carbocycles. The average Bonchev–Trinajstić information content (AvgIpc) is 2.06. The third kappa shape index (κ3) is 4.14. The van der Waals surface area contributed by atoms with Crippen LogP contribution in [0.15, 0.2) is 12.2 Å². The molecule has 0 rings (SSSR count). The summed E-state index contributed by atoms with van der Waals surface area (Å²) in [7, 11) is 0. The molecule has 1 atom stereocenters. The van der Waals surface area contributed by atoms with E-state index in [9.17, 15) is 0 Å². The summed E-state index contributed by atoms with van der Waals surface area (Å²) in [5.41, 5.74) is 1.39. The molecule has 12 heavy (non-hydrogen) atoms. The number of aliphatic hydroxyl groups excluding tert-OH is 1. The van der Waals surface area contributed by atoms with Gasteiger partial charge in [0.1, 0.15) is 5.54 Å². The zero-order valence-corrected chi connectivity index (χ0v) is 7.46. The lowest BCUT2D eigenvalue weighted by atomic mass is 10.0. The molecular formula is C9H15NO2. The van der Waals surface area contributed by atoms with Gasteiger partial charge in [0.2, 0.25) is 0 Å². The van der Waals surface area contributed by atoms with Crippen LogP contribution in [0.1, 0.15) is 20.3 Å². The maximum absolute atomic E-state index is 8.75. The number of aliphatic hydroxyl groups is 1. The smallest absolute Gasteiger partial charge is 0.118 e. The van der Waals surface area contributed by atoms with Gasteiger partial charge in [-0.1, -0.05) is 24.0 Å². The van der Waals surface area contributed by atoms with Gasteiger partial charge in [-0.3, -0.25) is 0 Å². The maximum atomic E-state index is 8.75. The quantitative estimate of drug-likeness (QED) is 0.331. The van der Waals surface area contributed by atoms with Crippen molar-refractivity contribution in [1.29, 1.82) is 0 Å². The Bertz CT molecular complexity index is 202. The van der Waals surface area contributed by atoms with Crippen LogP contribution in [0, 0.1) is 11.8 Å². The van der Waals surface area contributed by atoms with E-state index in [2.05, 4.69) is 17.3 Å². The second kappa shape index (κ2) is 5.78. The first-order valence-corrected chi connectivity index (χ1v) is 3.84. The van der Waals surface area contributed by atoms with Crippen LogP contribution >= 0.6 is 0 Å². The molecule has 3 heteroatoms. The van der Waals surface area contributed by atoms with E-state index in [1.807, 2.05) is 6.92 Å². The average molecular weight is 169 g/mol. The van der Waals surface area contributed by atoms with Gasteiger partial charge in [-0.2, -0.15) is 5.48 Å². The first kappa shape index (κ1) is 11.2. The minimum atomic E-state index is -0.704. The van der Waals surface area contributed by atoms with E-state index in [0.717, 1.165) is 0 Å². The maximum Gasteiger partial charge on any atom is 0.118 e. The molecule has 3 nitrogen and oxygen atoms in total. The Kier molecular flexibility index (Phi) is 5.39. The summed E-state index contributed by atoms with van der Waals surface area (Å²) >= 11 is 0. The minimum Gasteiger partial charge on any atom is -0.395 e. The molecule has 0 aliphatic carbocycles. The van der Waals surface area contributed by atoms with Crippen molar-refractivity contribution in [2.45, 2.75) is 25.8 Å². The summed E-state index contributed by atoms with van der Waals surface area (Å²) in [6.07, 6.45) is 3.98. The number of hydroxylamine groups is 1. The largest absolute Gasteiger partial charge is 0.395 e. The van der Waals surface area contributed by atoms with Gasteiger partial charge in [0.05, 0.1) is 6.61 Å². The molecule has 0 aliphatic heterocycles. The van der Waals surface area contributed by atoms with Gasteiger partial charge in [0.15, 0.2) is 0 Å². The van der Waals surface area contributed by atoms with E-state index in [1.54, 1.807) is 19.1 Å². The second-order valence-corrected chi connectivity index (χ2v) is 2.59. The molecule has 0 radical (unpaired) electrons. The van der Waals surface area contributed by atoms with Gasteiger partial charge in [-0.25, -0.2) is 0 Å². The Morgan fingerprint density at radius 1 is 1.58 bits per heavy atom. The van der Waals surface area contributed by atoms with Crippen molar-refractivity contribution < 1.29 is 10.3 Å². The van der Waals surface area contributed by atoms with E-state index in [4.69, 9.17) is 10.3 Å². The molecule has 1 unspecified atom stereocenters. The molecule has 0 amide bonds. The topological polar surface area (TPSA) is 52.5 Å². The summed E-state index contributed by atoms with van der Waals surface area (Å²) < 4.78 is 0. The van der Waals surface area contributed by atoms with Crippen molar-refractivity contribution in [2.75, 3.05) is 6.61 Å². The summed E-state index contributed by atoms with van der Waals surface area (Å²) in [5, 5.41) is 17.2. The third-order valence-corrected chi connectivity index (χ3v) is 1.32. The Morgan fingerprint density at radius 2 is 2.25 bits per heavy atom. The third-order valence-electron chi connectivity index (χ3n) is 1.32. The zero-order chi connectivity index (χ0) is 9.45. The summed E-state index contributed by atoms with van der Waals surface area (Å²) in [5.74, 6) is 5.53. The van der Waals surface area contributed by atoms with Crippen molar-refractivity contribution in [3.05, 3.63) is 12.2 Å². The first-order chi connectivity index (χ1) is 5.68. The monoisotopic (exact) mass is 169 g/mol. The molecule has 3 N–H and O–H groups in total. The Labute approximate surface area is 73.1 Å². The molecule has 0 aromatic heterocycles. The van der Waals surface area contributed by atoms with Gasteiger partial charge in [0.25, 0.3) is 0 Å². The highest BCUT2D eigenvalue weighted by molar-refractivity contribution is 5.23. The van der Waals surface area contributed by atoms with Gasteiger partial charge in [-0.15, -0.1) is 0 Å².